The molecule has 2 aromatic carbocycles. The molecule has 30 heavy (non-hydrogen) atoms. The van der Waals surface area contributed by atoms with E-state index in [1.54, 1.807) is 4.68 Å². The number of carbonyl (C=O) groups excluding carboxylic acids is 1. The maximum atomic E-state index is 12.8. The lowest BCUT2D eigenvalue weighted by atomic mass is 9.97. The first-order chi connectivity index (χ1) is 14.5. The van der Waals surface area contributed by atoms with Crippen LogP contribution in [0.4, 0.5) is 5.95 Å². The van der Waals surface area contributed by atoms with E-state index in [0.29, 0.717) is 24.6 Å². The predicted octanol–water partition coefficient (Wildman–Crippen LogP) is 2.69. The molecule has 8 heteroatoms. The lowest BCUT2D eigenvalue weighted by Gasteiger charge is -2.12. The smallest absolute Gasteiger partial charge is 0.251 e. The summed E-state index contributed by atoms with van der Waals surface area (Å²) in [5, 5.41) is 12.8. The van der Waals surface area contributed by atoms with Crippen molar-refractivity contribution in [3.63, 3.8) is 0 Å². The second kappa shape index (κ2) is 8.28. The molecule has 0 fully saturated rings. The average molecular weight is 401 g/mol. The summed E-state index contributed by atoms with van der Waals surface area (Å²) in [5.74, 6) is 0.537. The third-order valence-corrected chi connectivity index (χ3v) is 4.80. The van der Waals surface area contributed by atoms with Crippen molar-refractivity contribution in [2.24, 2.45) is 0 Å². The summed E-state index contributed by atoms with van der Waals surface area (Å²) < 4.78 is 1.72. The van der Waals surface area contributed by atoms with Crippen molar-refractivity contribution >= 4 is 22.6 Å². The van der Waals surface area contributed by atoms with Crippen LogP contribution in [0.15, 0.2) is 55.0 Å². The van der Waals surface area contributed by atoms with Gasteiger partial charge in [0.15, 0.2) is 0 Å². The van der Waals surface area contributed by atoms with Crippen LogP contribution in [0.25, 0.3) is 21.9 Å². The van der Waals surface area contributed by atoms with Crippen LogP contribution in [-0.4, -0.2) is 51.5 Å². The fraction of sp³-hybridized carbons (Fsp3) is 0.227. The van der Waals surface area contributed by atoms with Gasteiger partial charge in [0.1, 0.15) is 0 Å². The van der Waals surface area contributed by atoms with E-state index in [2.05, 4.69) is 25.6 Å². The molecular formula is C22H23N7O. The fourth-order valence-electron chi connectivity index (χ4n) is 3.33. The van der Waals surface area contributed by atoms with Gasteiger partial charge in [-0.15, -0.1) is 5.10 Å². The van der Waals surface area contributed by atoms with Crippen LogP contribution < -0.4 is 10.2 Å². The molecule has 0 aliphatic heterocycles. The molecule has 0 aliphatic carbocycles. The average Bonchev–Trinajstić information content (AvgIpc) is 3.17. The molecule has 0 saturated carbocycles. The number of hydrogen-bond acceptors (Lipinski definition) is 6. The van der Waals surface area contributed by atoms with Crippen molar-refractivity contribution in [3.05, 3.63) is 66.2 Å². The summed E-state index contributed by atoms with van der Waals surface area (Å²) in [6.45, 7) is 2.92. The van der Waals surface area contributed by atoms with Gasteiger partial charge in [0.2, 0.25) is 5.95 Å². The normalized spacial score (nSPS) is 10.9. The molecular weight excluding hydrogens is 378 g/mol. The van der Waals surface area contributed by atoms with Gasteiger partial charge in [0, 0.05) is 50.4 Å². The molecule has 1 N–H and O–H groups in total. The zero-order valence-corrected chi connectivity index (χ0v) is 17.2. The minimum Gasteiger partial charge on any atom is -0.350 e. The van der Waals surface area contributed by atoms with Crippen LogP contribution in [0.2, 0.25) is 0 Å². The summed E-state index contributed by atoms with van der Waals surface area (Å²) in [4.78, 5) is 23.5. The number of nitrogens with zero attached hydrogens (tertiary/aromatic N) is 6. The van der Waals surface area contributed by atoms with Crippen LogP contribution in [0.5, 0.6) is 0 Å². The van der Waals surface area contributed by atoms with Crippen molar-refractivity contribution in [2.45, 2.75) is 13.5 Å². The van der Waals surface area contributed by atoms with E-state index in [4.69, 9.17) is 0 Å². The highest BCUT2D eigenvalue weighted by atomic mass is 16.1. The van der Waals surface area contributed by atoms with Gasteiger partial charge in [-0.3, -0.25) is 9.48 Å². The number of nitrogens with one attached hydrogen (secondary N) is 1. The van der Waals surface area contributed by atoms with Gasteiger partial charge < -0.3 is 10.2 Å². The molecule has 0 unspecified atom stereocenters. The zero-order valence-electron chi connectivity index (χ0n) is 17.2. The number of rotatable bonds is 6. The number of aryl methyl sites for hydroxylation is 1. The van der Waals surface area contributed by atoms with Gasteiger partial charge >= 0.3 is 0 Å². The van der Waals surface area contributed by atoms with Crippen LogP contribution in [0.1, 0.15) is 16.1 Å². The van der Waals surface area contributed by atoms with E-state index >= 15 is 0 Å². The first-order valence-electron chi connectivity index (χ1n) is 9.69. The Morgan fingerprint density at radius 2 is 1.80 bits per heavy atom. The summed E-state index contributed by atoms with van der Waals surface area (Å²) in [5.41, 5.74) is 3.39. The number of aromatic nitrogens is 5. The molecule has 8 nitrogen and oxygen atoms in total. The van der Waals surface area contributed by atoms with Crippen molar-refractivity contribution < 1.29 is 4.79 Å². The Labute approximate surface area is 174 Å². The maximum absolute atomic E-state index is 12.8. The van der Waals surface area contributed by atoms with E-state index in [1.165, 1.54) is 0 Å². The summed E-state index contributed by atoms with van der Waals surface area (Å²) in [7, 11) is 3.81. The lowest BCUT2D eigenvalue weighted by Crippen LogP contribution is -2.27. The Morgan fingerprint density at radius 1 is 1.07 bits per heavy atom. The highest BCUT2D eigenvalue weighted by molar-refractivity contribution is 6.10. The standard InChI is InChI=1S/C22H23N7O/c1-15-14-29(27-26-15)11-10-23-21(30)20-9-5-7-18-17(6-4-8-19(18)20)16-12-24-22(25-13-16)28(2)3/h4-9,12-14H,10-11H2,1-3H3,(H,23,30). The minimum atomic E-state index is -0.117. The summed E-state index contributed by atoms with van der Waals surface area (Å²) in [6, 6.07) is 11.7. The zero-order chi connectivity index (χ0) is 21.1. The third-order valence-electron chi connectivity index (χ3n) is 4.80. The third kappa shape index (κ3) is 3.98. The molecule has 0 atom stereocenters. The quantitative estimate of drug-likeness (QED) is 0.534. The molecule has 4 aromatic rings. The van der Waals surface area contributed by atoms with Gasteiger partial charge in [-0.1, -0.05) is 35.5 Å². The second-order valence-electron chi connectivity index (χ2n) is 7.25. The van der Waals surface area contributed by atoms with Gasteiger partial charge in [-0.05, 0) is 29.3 Å². The van der Waals surface area contributed by atoms with Crippen LogP contribution in [-0.2, 0) is 6.54 Å². The fourth-order valence-corrected chi connectivity index (χ4v) is 3.33. The number of anilines is 1. The molecule has 0 spiro atoms. The first kappa shape index (κ1) is 19.5. The number of benzene rings is 2. The van der Waals surface area contributed by atoms with Crippen molar-refractivity contribution in [1.82, 2.24) is 30.3 Å². The molecule has 0 radical (unpaired) electrons. The molecule has 0 saturated heterocycles. The number of amides is 1. The van der Waals surface area contributed by atoms with E-state index in [1.807, 2.05) is 80.9 Å². The molecule has 1 amide bonds. The number of fused-ring (bicyclic) bond motifs is 1. The largest absolute Gasteiger partial charge is 0.350 e. The molecule has 0 aliphatic rings. The van der Waals surface area contributed by atoms with Crippen molar-refractivity contribution in [3.8, 4) is 11.1 Å². The topological polar surface area (TPSA) is 88.8 Å². The van der Waals surface area contributed by atoms with Crippen molar-refractivity contribution in [2.75, 3.05) is 25.5 Å². The van der Waals surface area contributed by atoms with E-state index in [0.717, 1.165) is 27.6 Å². The Kier molecular flexibility index (Phi) is 5.38. The highest BCUT2D eigenvalue weighted by Gasteiger charge is 2.13. The van der Waals surface area contributed by atoms with Gasteiger partial charge in [0.25, 0.3) is 5.91 Å². The number of carbonyl (C=O) groups is 1. The maximum Gasteiger partial charge on any atom is 0.251 e. The van der Waals surface area contributed by atoms with Gasteiger partial charge in [-0.25, -0.2) is 9.97 Å². The summed E-state index contributed by atoms with van der Waals surface area (Å²) in [6.07, 6.45) is 5.47. The Balaban J connectivity index is 1.59. The van der Waals surface area contributed by atoms with Gasteiger partial charge in [-0.2, -0.15) is 0 Å². The molecule has 4 rings (SSSR count). The Bertz CT molecular complexity index is 1180. The lowest BCUT2D eigenvalue weighted by molar-refractivity contribution is 0.0953. The van der Waals surface area contributed by atoms with Gasteiger partial charge in [0.05, 0.1) is 12.2 Å². The van der Waals surface area contributed by atoms with Crippen LogP contribution >= 0.6 is 0 Å². The van der Waals surface area contributed by atoms with E-state index in [-0.39, 0.29) is 5.91 Å². The monoisotopic (exact) mass is 401 g/mol. The van der Waals surface area contributed by atoms with Crippen molar-refractivity contribution in [1.29, 1.82) is 0 Å². The SMILES string of the molecule is Cc1cn(CCNC(=O)c2cccc3c(-c4cnc(N(C)C)nc4)cccc23)nn1. The highest BCUT2D eigenvalue weighted by Crippen LogP contribution is 2.30. The molecule has 0 bridgehead atoms. The Hall–Kier alpha value is -3.81. The minimum absolute atomic E-state index is 0.117. The van der Waals surface area contributed by atoms with Crippen LogP contribution in [0, 0.1) is 6.92 Å². The predicted molar refractivity (Wildman–Crippen MR) is 116 cm³/mol. The number of hydrogen-bond donors (Lipinski definition) is 1. The summed E-state index contributed by atoms with van der Waals surface area (Å²) >= 11 is 0. The first-order valence-corrected chi connectivity index (χ1v) is 9.69. The molecule has 2 aromatic heterocycles. The van der Waals surface area contributed by atoms with E-state index in [9.17, 15) is 4.79 Å². The van der Waals surface area contributed by atoms with Crippen LogP contribution in [0.3, 0.4) is 0 Å². The molecule has 2 heterocycles. The molecule has 152 valence electrons. The second-order valence-corrected chi connectivity index (χ2v) is 7.25. The Morgan fingerprint density at radius 3 is 2.50 bits per heavy atom. The van der Waals surface area contributed by atoms with E-state index < -0.39 is 0 Å².